The zero-order chi connectivity index (χ0) is 18.8. The van der Waals surface area contributed by atoms with Crippen LogP contribution in [0.5, 0.6) is 11.5 Å². The van der Waals surface area contributed by atoms with Gasteiger partial charge in [0.2, 0.25) is 5.89 Å². The monoisotopic (exact) mass is 361 g/mol. The van der Waals surface area contributed by atoms with Crippen LogP contribution in [0, 0.1) is 0 Å². The topological polar surface area (TPSA) is 97.5 Å². The van der Waals surface area contributed by atoms with Gasteiger partial charge in [0, 0.05) is 18.0 Å². The Morgan fingerprint density at radius 2 is 2.04 bits per heavy atom. The third-order valence-corrected chi connectivity index (χ3v) is 4.03. The van der Waals surface area contributed by atoms with Gasteiger partial charge in [-0.3, -0.25) is 9.78 Å². The summed E-state index contributed by atoms with van der Waals surface area (Å²) in [6, 6.07) is 13.3. The van der Waals surface area contributed by atoms with E-state index < -0.39 is 0 Å². The average Bonchev–Trinajstić information content (AvgIpc) is 3.13. The van der Waals surface area contributed by atoms with Crippen LogP contribution < -0.4 is 10.1 Å². The Bertz CT molecular complexity index is 1100. The summed E-state index contributed by atoms with van der Waals surface area (Å²) in [5.74, 6) is 0.375. The fraction of sp³-hybridized carbons (Fsp3) is 0.0500. The van der Waals surface area contributed by atoms with E-state index in [2.05, 4.69) is 15.3 Å². The minimum atomic E-state index is -0.328. The Balaban J connectivity index is 1.67. The minimum absolute atomic E-state index is 0.00944. The number of phenolic OH excluding ortho intramolecular Hbond substituents is 1. The Morgan fingerprint density at radius 3 is 2.85 bits per heavy atom. The van der Waals surface area contributed by atoms with E-state index in [-0.39, 0.29) is 17.5 Å². The van der Waals surface area contributed by atoms with Gasteiger partial charge < -0.3 is 19.6 Å². The molecule has 0 fully saturated rings. The molecule has 4 aromatic rings. The van der Waals surface area contributed by atoms with Crippen LogP contribution in [0.4, 0.5) is 5.69 Å². The van der Waals surface area contributed by atoms with Crippen molar-refractivity contribution in [1.82, 2.24) is 9.97 Å². The molecule has 0 unspecified atom stereocenters. The fourth-order valence-corrected chi connectivity index (χ4v) is 2.71. The van der Waals surface area contributed by atoms with E-state index in [1.54, 1.807) is 54.9 Å². The van der Waals surface area contributed by atoms with Crippen molar-refractivity contribution in [3.8, 4) is 23.0 Å². The summed E-state index contributed by atoms with van der Waals surface area (Å²) in [6.07, 6.45) is 3.17. The number of amides is 1. The maximum atomic E-state index is 12.6. The number of aromatic hydroxyl groups is 1. The number of fused-ring (bicyclic) bond motifs is 1. The molecule has 2 aromatic heterocycles. The standard InChI is InChI=1S/C20H15N3O4/c1-26-17-5-3-2-4-13(17)19(25)22-12-6-7-16(24)14(10-12)20-23-15-11-21-9-8-18(15)27-20/h2-11,24H,1H3,(H,22,25). The highest BCUT2D eigenvalue weighted by molar-refractivity contribution is 6.06. The highest BCUT2D eigenvalue weighted by Crippen LogP contribution is 2.33. The summed E-state index contributed by atoms with van der Waals surface area (Å²) in [5, 5.41) is 13.0. The van der Waals surface area contributed by atoms with E-state index in [1.807, 2.05) is 0 Å². The second kappa shape index (κ2) is 6.80. The number of carbonyl (C=O) groups excluding carboxylic acids is 1. The normalized spacial score (nSPS) is 10.7. The largest absolute Gasteiger partial charge is 0.507 e. The maximum absolute atomic E-state index is 12.6. The summed E-state index contributed by atoms with van der Waals surface area (Å²) in [4.78, 5) is 20.9. The smallest absolute Gasteiger partial charge is 0.259 e. The quantitative estimate of drug-likeness (QED) is 0.536. The zero-order valence-electron chi connectivity index (χ0n) is 14.3. The number of hydrogen-bond acceptors (Lipinski definition) is 6. The molecule has 0 aliphatic heterocycles. The molecule has 4 rings (SSSR count). The third-order valence-electron chi connectivity index (χ3n) is 4.03. The third kappa shape index (κ3) is 3.18. The van der Waals surface area contributed by atoms with E-state index in [0.29, 0.717) is 33.7 Å². The lowest BCUT2D eigenvalue weighted by Crippen LogP contribution is -2.13. The van der Waals surface area contributed by atoms with Crippen molar-refractivity contribution >= 4 is 22.7 Å². The van der Waals surface area contributed by atoms with Crippen LogP contribution in [0.15, 0.2) is 65.3 Å². The average molecular weight is 361 g/mol. The molecule has 7 heteroatoms. The Labute approximate surface area is 154 Å². The van der Waals surface area contributed by atoms with Gasteiger partial charge >= 0.3 is 0 Å². The van der Waals surface area contributed by atoms with Crippen LogP contribution in [0.25, 0.3) is 22.6 Å². The number of phenols is 1. The SMILES string of the molecule is COc1ccccc1C(=O)Nc1ccc(O)c(-c2nc3cnccc3o2)c1. The molecule has 0 atom stereocenters. The number of nitrogens with zero attached hydrogens (tertiary/aromatic N) is 2. The Hall–Kier alpha value is -3.87. The molecule has 0 aliphatic rings. The van der Waals surface area contributed by atoms with Gasteiger partial charge in [0.25, 0.3) is 5.91 Å². The number of benzene rings is 2. The molecule has 7 nitrogen and oxygen atoms in total. The second-order valence-corrected chi connectivity index (χ2v) is 5.75. The number of rotatable bonds is 4. The van der Waals surface area contributed by atoms with E-state index in [0.717, 1.165) is 0 Å². The van der Waals surface area contributed by atoms with Crippen LogP contribution in [0.1, 0.15) is 10.4 Å². The summed E-state index contributed by atoms with van der Waals surface area (Å²) >= 11 is 0. The molecule has 0 saturated carbocycles. The zero-order valence-corrected chi connectivity index (χ0v) is 14.3. The molecule has 0 radical (unpaired) electrons. The number of nitrogens with one attached hydrogen (secondary N) is 1. The van der Waals surface area contributed by atoms with Crippen molar-refractivity contribution in [2.75, 3.05) is 12.4 Å². The number of carbonyl (C=O) groups is 1. The first-order chi connectivity index (χ1) is 13.2. The molecular weight excluding hydrogens is 346 g/mol. The number of aromatic nitrogens is 2. The summed E-state index contributed by atoms with van der Waals surface area (Å²) in [5.41, 5.74) is 2.39. The van der Waals surface area contributed by atoms with Gasteiger partial charge in [0.1, 0.15) is 17.0 Å². The molecule has 1 amide bonds. The van der Waals surface area contributed by atoms with Gasteiger partial charge in [0.15, 0.2) is 5.58 Å². The number of methoxy groups -OCH3 is 1. The fourth-order valence-electron chi connectivity index (χ4n) is 2.71. The van der Waals surface area contributed by atoms with Crippen molar-refractivity contribution in [1.29, 1.82) is 0 Å². The van der Waals surface area contributed by atoms with Crippen LogP contribution in [-0.2, 0) is 0 Å². The number of ether oxygens (including phenoxy) is 1. The van der Waals surface area contributed by atoms with Crippen molar-refractivity contribution < 1.29 is 19.1 Å². The first-order valence-corrected chi connectivity index (χ1v) is 8.14. The molecular formula is C20H15N3O4. The first kappa shape index (κ1) is 16.6. The van der Waals surface area contributed by atoms with E-state index >= 15 is 0 Å². The molecule has 134 valence electrons. The maximum Gasteiger partial charge on any atom is 0.259 e. The van der Waals surface area contributed by atoms with Gasteiger partial charge in [0.05, 0.1) is 24.4 Å². The van der Waals surface area contributed by atoms with Crippen molar-refractivity contribution in [3.63, 3.8) is 0 Å². The van der Waals surface area contributed by atoms with Crippen molar-refractivity contribution in [2.24, 2.45) is 0 Å². The van der Waals surface area contributed by atoms with Crippen molar-refractivity contribution in [2.45, 2.75) is 0 Å². The molecule has 2 N–H and O–H groups in total. The van der Waals surface area contributed by atoms with Gasteiger partial charge in [-0.15, -0.1) is 0 Å². The van der Waals surface area contributed by atoms with Crippen LogP contribution >= 0.6 is 0 Å². The van der Waals surface area contributed by atoms with Gasteiger partial charge in [-0.25, -0.2) is 4.98 Å². The molecule has 2 heterocycles. The summed E-state index contributed by atoms with van der Waals surface area (Å²) in [6.45, 7) is 0. The summed E-state index contributed by atoms with van der Waals surface area (Å²) in [7, 11) is 1.51. The van der Waals surface area contributed by atoms with E-state index in [4.69, 9.17) is 9.15 Å². The first-order valence-electron chi connectivity index (χ1n) is 8.14. The van der Waals surface area contributed by atoms with Crippen LogP contribution in [-0.4, -0.2) is 28.1 Å². The van der Waals surface area contributed by atoms with Gasteiger partial charge in [-0.2, -0.15) is 0 Å². The van der Waals surface area contributed by atoms with Crippen molar-refractivity contribution in [3.05, 3.63) is 66.5 Å². The summed E-state index contributed by atoms with van der Waals surface area (Å²) < 4.78 is 10.9. The van der Waals surface area contributed by atoms with E-state index in [1.165, 1.54) is 13.2 Å². The Morgan fingerprint density at radius 1 is 1.19 bits per heavy atom. The number of hydrogen-bond donors (Lipinski definition) is 2. The minimum Gasteiger partial charge on any atom is -0.507 e. The lowest BCUT2D eigenvalue weighted by Gasteiger charge is -2.10. The molecule has 0 saturated heterocycles. The highest BCUT2D eigenvalue weighted by atomic mass is 16.5. The number of para-hydroxylation sites is 1. The Kier molecular flexibility index (Phi) is 4.18. The van der Waals surface area contributed by atoms with Gasteiger partial charge in [-0.1, -0.05) is 12.1 Å². The molecule has 27 heavy (non-hydrogen) atoms. The molecule has 2 aromatic carbocycles. The lowest BCUT2D eigenvalue weighted by molar-refractivity contribution is 0.102. The van der Waals surface area contributed by atoms with Gasteiger partial charge in [-0.05, 0) is 30.3 Å². The molecule has 0 spiro atoms. The number of anilines is 1. The highest BCUT2D eigenvalue weighted by Gasteiger charge is 2.16. The predicted octanol–water partition coefficient (Wildman–Crippen LogP) is 3.86. The molecule has 0 aliphatic carbocycles. The lowest BCUT2D eigenvalue weighted by atomic mass is 10.1. The number of pyridine rings is 1. The molecule has 0 bridgehead atoms. The number of oxazole rings is 1. The van der Waals surface area contributed by atoms with Crippen LogP contribution in [0.3, 0.4) is 0 Å². The van der Waals surface area contributed by atoms with Crippen LogP contribution in [0.2, 0.25) is 0 Å². The van der Waals surface area contributed by atoms with E-state index in [9.17, 15) is 9.90 Å². The second-order valence-electron chi connectivity index (χ2n) is 5.75. The predicted molar refractivity (Wildman–Crippen MR) is 99.9 cm³/mol.